The number of ether oxygens (including phenoxy) is 1. The van der Waals surface area contributed by atoms with Gasteiger partial charge in [-0.05, 0) is 47.1 Å². The van der Waals surface area contributed by atoms with Crippen LogP contribution in [0.15, 0.2) is 48.6 Å². The van der Waals surface area contributed by atoms with Crippen LogP contribution in [0.2, 0.25) is 0 Å². The van der Waals surface area contributed by atoms with E-state index in [-0.39, 0.29) is 16.7 Å². The maximum atomic E-state index is 11.4. The van der Waals surface area contributed by atoms with Crippen LogP contribution in [-0.4, -0.2) is 12.0 Å². The molecule has 1 heterocycles. The standard InChI is InChI=1S/C22H24N2O3/c1-13(2)14-7-9-19-18(11-14)16-5-4-6-17(16)22(23-19)15-8-10-21(27-3)20(12-15)24(25)26/h4-5,7-13,16-17,22-23H,6H2,1-3H3/t16-,17+,22+/m1/s1. The molecule has 140 valence electrons. The van der Waals surface area contributed by atoms with Crippen LogP contribution in [0, 0.1) is 16.0 Å². The van der Waals surface area contributed by atoms with Crippen molar-refractivity contribution in [1.29, 1.82) is 0 Å². The van der Waals surface area contributed by atoms with Crippen LogP contribution in [0.25, 0.3) is 0 Å². The zero-order valence-corrected chi connectivity index (χ0v) is 15.8. The molecule has 3 atom stereocenters. The fourth-order valence-electron chi connectivity index (χ4n) is 4.35. The summed E-state index contributed by atoms with van der Waals surface area (Å²) in [7, 11) is 1.46. The van der Waals surface area contributed by atoms with Gasteiger partial charge < -0.3 is 10.1 Å². The van der Waals surface area contributed by atoms with Crippen molar-refractivity contribution in [3.05, 3.63) is 75.4 Å². The van der Waals surface area contributed by atoms with E-state index in [4.69, 9.17) is 4.74 Å². The van der Waals surface area contributed by atoms with Crippen LogP contribution in [-0.2, 0) is 0 Å². The molecule has 0 spiro atoms. The second-order valence-corrected chi connectivity index (χ2v) is 7.67. The van der Waals surface area contributed by atoms with E-state index in [2.05, 4.69) is 49.5 Å². The highest BCUT2D eigenvalue weighted by Crippen LogP contribution is 2.50. The Kier molecular flexibility index (Phi) is 4.38. The Morgan fingerprint density at radius 2 is 2.04 bits per heavy atom. The molecule has 27 heavy (non-hydrogen) atoms. The Bertz CT molecular complexity index is 920. The number of hydrogen-bond donors (Lipinski definition) is 1. The van der Waals surface area contributed by atoms with Gasteiger partial charge in [0.1, 0.15) is 0 Å². The lowest BCUT2D eigenvalue weighted by Crippen LogP contribution is -2.29. The molecule has 5 nitrogen and oxygen atoms in total. The van der Waals surface area contributed by atoms with Crippen LogP contribution in [0.3, 0.4) is 0 Å². The number of nitrogens with one attached hydrogen (secondary N) is 1. The van der Waals surface area contributed by atoms with Gasteiger partial charge >= 0.3 is 5.69 Å². The van der Waals surface area contributed by atoms with E-state index in [9.17, 15) is 10.1 Å². The van der Waals surface area contributed by atoms with Crippen molar-refractivity contribution in [1.82, 2.24) is 0 Å². The molecule has 0 saturated heterocycles. The lowest BCUT2D eigenvalue weighted by molar-refractivity contribution is -0.385. The molecular weight excluding hydrogens is 340 g/mol. The number of rotatable bonds is 4. The molecule has 0 amide bonds. The van der Waals surface area contributed by atoms with Crippen molar-refractivity contribution >= 4 is 11.4 Å². The summed E-state index contributed by atoms with van der Waals surface area (Å²) in [5.74, 6) is 1.47. The Morgan fingerprint density at radius 3 is 2.74 bits per heavy atom. The molecule has 1 aliphatic carbocycles. The highest BCUT2D eigenvalue weighted by atomic mass is 16.6. The quantitative estimate of drug-likeness (QED) is 0.439. The molecule has 0 unspecified atom stereocenters. The molecule has 0 aromatic heterocycles. The zero-order chi connectivity index (χ0) is 19.1. The minimum atomic E-state index is -0.377. The fourth-order valence-corrected chi connectivity index (χ4v) is 4.35. The number of methoxy groups -OCH3 is 1. The third kappa shape index (κ3) is 2.97. The van der Waals surface area contributed by atoms with Crippen molar-refractivity contribution in [3.63, 3.8) is 0 Å². The van der Waals surface area contributed by atoms with Crippen molar-refractivity contribution in [2.75, 3.05) is 12.4 Å². The van der Waals surface area contributed by atoms with Gasteiger partial charge in [-0.1, -0.05) is 44.2 Å². The lowest BCUT2D eigenvalue weighted by atomic mass is 9.76. The molecule has 2 aromatic carbocycles. The van der Waals surface area contributed by atoms with Gasteiger partial charge in [0, 0.05) is 17.7 Å². The number of benzene rings is 2. The maximum Gasteiger partial charge on any atom is 0.311 e. The third-order valence-corrected chi connectivity index (χ3v) is 5.81. The predicted molar refractivity (Wildman–Crippen MR) is 107 cm³/mol. The lowest BCUT2D eigenvalue weighted by Gasteiger charge is -2.38. The summed E-state index contributed by atoms with van der Waals surface area (Å²) in [4.78, 5) is 11.1. The number of nitro groups is 1. The maximum absolute atomic E-state index is 11.4. The van der Waals surface area contributed by atoms with Crippen molar-refractivity contribution in [2.45, 2.75) is 38.1 Å². The molecule has 2 aliphatic rings. The van der Waals surface area contributed by atoms with Crippen LogP contribution >= 0.6 is 0 Å². The van der Waals surface area contributed by atoms with E-state index in [0.717, 1.165) is 17.7 Å². The van der Waals surface area contributed by atoms with Crippen molar-refractivity contribution in [2.24, 2.45) is 5.92 Å². The molecular formula is C22H24N2O3. The Labute approximate surface area is 159 Å². The molecule has 1 aliphatic heterocycles. The Balaban J connectivity index is 1.76. The highest BCUT2D eigenvalue weighted by molar-refractivity contribution is 5.62. The van der Waals surface area contributed by atoms with E-state index in [1.54, 1.807) is 12.1 Å². The largest absolute Gasteiger partial charge is 0.490 e. The second kappa shape index (κ2) is 6.72. The monoisotopic (exact) mass is 364 g/mol. The first kappa shape index (κ1) is 17.6. The van der Waals surface area contributed by atoms with Crippen LogP contribution in [0.5, 0.6) is 5.75 Å². The number of hydrogen-bond acceptors (Lipinski definition) is 4. The van der Waals surface area contributed by atoms with Gasteiger partial charge in [0.05, 0.1) is 18.1 Å². The summed E-state index contributed by atoms with van der Waals surface area (Å²) in [5.41, 5.74) is 4.74. The summed E-state index contributed by atoms with van der Waals surface area (Å²) >= 11 is 0. The third-order valence-electron chi connectivity index (χ3n) is 5.81. The number of allylic oxidation sites excluding steroid dienone is 2. The average Bonchev–Trinajstić information content (AvgIpc) is 3.16. The highest BCUT2D eigenvalue weighted by Gasteiger charge is 2.38. The first-order valence-electron chi connectivity index (χ1n) is 9.39. The smallest absolute Gasteiger partial charge is 0.311 e. The average molecular weight is 364 g/mol. The van der Waals surface area contributed by atoms with Crippen molar-refractivity contribution < 1.29 is 9.66 Å². The van der Waals surface area contributed by atoms with Crippen LogP contribution in [0.1, 0.15) is 54.8 Å². The molecule has 5 heteroatoms. The summed E-state index contributed by atoms with van der Waals surface area (Å²) in [6, 6.07) is 12.0. The topological polar surface area (TPSA) is 64.4 Å². The summed E-state index contributed by atoms with van der Waals surface area (Å²) in [6.07, 6.45) is 5.49. The molecule has 0 fully saturated rings. The van der Waals surface area contributed by atoms with Gasteiger partial charge in [0.25, 0.3) is 0 Å². The summed E-state index contributed by atoms with van der Waals surface area (Å²) in [5, 5.41) is 15.1. The molecule has 4 rings (SSSR count). The molecule has 0 radical (unpaired) electrons. The number of nitro benzene ring substituents is 1. The van der Waals surface area contributed by atoms with Gasteiger partial charge in [0.2, 0.25) is 0 Å². The van der Waals surface area contributed by atoms with Gasteiger partial charge in [-0.2, -0.15) is 0 Å². The summed E-state index contributed by atoms with van der Waals surface area (Å²) < 4.78 is 5.15. The Morgan fingerprint density at radius 1 is 1.22 bits per heavy atom. The van der Waals surface area contributed by atoms with E-state index >= 15 is 0 Å². The normalized spacial score (nSPS) is 22.9. The molecule has 2 aromatic rings. The van der Waals surface area contributed by atoms with E-state index in [0.29, 0.717) is 23.5 Å². The minimum Gasteiger partial charge on any atom is -0.490 e. The molecule has 0 saturated carbocycles. The first-order chi connectivity index (χ1) is 13.0. The van der Waals surface area contributed by atoms with Crippen LogP contribution in [0.4, 0.5) is 11.4 Å². The molecule has 1 N–H and O–H groups in total. The van der Waals surface area contributed by atoms with Crippen LogP contribution < -0.4 is 10.1 Å². The minimum absolute atomic E-state index is 0.0141. The van der Waals surface area contributed by atoms with E-state index in [1.807, 2.05) is 6.07 Å². The number of fused-ring (bicyclic) bond motifs is 3. The van der Waals surface area contributed by atoms with Gasteiger partial charge in [0.15, 0.2) is 5.75 Å². The second-order valence-electron chi connectivity index (χ2n) is 7.67. The summed E-state index contributed by atoms with van der Waals surface area (Å²) in [6.45, 7) is 4.42. The number of anilines is 1. The Hall–Kier alpha value is -2.82. The molecule has 0 bridgehead atoms. The fraction of sp³-hybridized carbons (Fsp3) is 0.364. The predicted octanol–water partition coefficient (Wildman–Crippen LogP) is 5.55. The van der Waals surface area contributed by atoms with Gasteiger partial charge in [-0.15, -0.1) is 0 Å². The SMILES string of the molecule is COc1ccc([C@@H]2Nc3ccc(C(C)C)cc3[C@@H]3C=CC[C@@H]32)cc1[N+](=O)[O-]. The van der Waals surface area contributed by atoms with E-state index in [1.165, 1.54) is 18.2 Å². The van der Waals surface area contributed by atoms with Crippen molar-refractivity contribution in [3.8, 4) is 5.75 Å². The van der Waals surface area contributed by atoms with Gasteiger partial charge in [-0.3, -0.25) is 10.1 Å². The number of nitrogens with zero attached hydrogens (tertiary/aromatic N) is 1. The first-order valence-corrected chi connectivity index (χ1v) is 9.39. The van der Waals surface area contributed by atoms with Gasteiger partial charge in [-0.25, -0.2) is 0 Å². The zero-order valence-electron chi connectivity index (χ0n) is 15.8. The van der Waals surface area contributed by atoms with E-state index < -0.39 is 0 Å².